The van der Waals surface area contributed by atoms with Crippen molar-refractivity contribution in [2.75, 3.05) is 32.0 Å². The summed E-state index contributed by atoms with van der Waals surface area (Å²) in [6.07, 6.45) is 1.79. The van der Waals surface area contributed by atoms with Crippen molar-refractivity contribution in [1.29, 1.82) is 0 Å². The zero-order chi connectivity index (χ0) is 14.5. The summed E-state index contributed by atoms with van der Waals surface area (Å²) in [5, 5.41) is 8.73. The smallest absolute Gasteiger partial charge is 0.253 e. The number of hydrogen-bond donors (Lipinski definition) is 2. The normalized spacial score (nSPS) is 16.4. The van der Waals surface area contributed by atoms with E-state index in [9.17, 15) is 4.79 Å². The molecule has 1 heterocycles. The number of piperidine rings is 1. The number of ether oxygens (including phenoxy) is 1. The number of aliphatic hydroxyl groups excluding tert-OH is 1. The molecule has 0 atom stereocenters. The summed E-state index contributed by atoms with van der Waals surface area (Å²) in [4.78, 5) is 14.2. The molecule has 0 bridgehead atoms. The Balaban J connectivity index is 1.92. The Hall–Kier alpha value is -1.59. The number of aryl methyl sites for hydroxylation is 1. The van der Waals surface area contributed by atoms with Crippen LogP contribution in [0.5, 0.6) is 0 Å². The molecule has 110 valence electrons. The van der Waals surface area contributed by atoms with Crippen molar-refractivity contribution in [3.05, 3.63) is 29.3 Å². The Bertz CT molecular complexity index is 468. The lowest BCUT2D eigenvalue weighted by atomic mass is 10.0. The molecule has 1 aromatic carbocycles. The van der Waals surface area contributed by atoms with E-state index < -0.39 is 0 Å². The van der Waals surface area contributed by atoms with E-state index in [2.05, 4.69) is 0 Å². The molecule has 1 fully saturated rings. The minimum absolute atomic E-state index is 0.0455. The molecule has 0 unspecified atom stereocenters. The van der Waals surface area contributed by atoms with Crippen LogP contribution in [0.1, 0.15) is 28.8 Å². The number of likely N-dealkylation sites (tertiary alicyclic amines) is 1. The minimum atomic E-state index is 0.0455. The molecule has 5 nitrogen and oxygen atoms in total. The Kier molecular flexibility index (Phi) is 4.98. The second-order valence-electron chi connectivity index (χ2n) is 5.16. The number of aliphatic hydroxyl groups is 1. The van der Waals surface area contributed by atoms with Gasteiger partial charge in [-0.05, 0) is 43.5 Å². The van der Waals surface area contributed by atoms with Crippen LogP contribution in [0.15, 0.2) is 18.2 Å². The number of nitrogens with zero attached hydrogens (tertiary/aromatic N) is 1. The largest absolute Gasteiger partial charge is 0.399 e. The van der Waals surface area contributed by atoms with E-state index in [4.69, 9.17) is 15.6 Å². The van der Waals surface area contributed by atoms with Crippen molar-refractivity contribution < 1.29 is 14.6 Å². The van der Waals surface area contributed by atoms with Crippen LogP contribution >= 0.6 is 0 Å². The number of nitrogen functional groups attached to an aromatic ring is 1. The Morgan fingerprint density at radius 3 is 2.75 bits per heavy atom. The van der Waals surface area contributed by atoms with Gasteiger partial charge in [-0.3, -0.25) is 4.79 Å². The van der Waals surface area contributed by atoms with Gasteiger partial charge in [-0.2, -0.15) is 0 Å². The average molecular weight is 278 g/mol. The summed E-state index contributed by atoms with van der Waals surface area (Å²) in [5.41, 5.74) is 8.09. The maximum absolute atomic E-state index is 12.4. The third kappa shape index (κ3) is 3.49. The molecule has 0 spiro atoms. The van der Waals surface area contributed by atoms with Crippen LogP contribution in [0.2, 0.25) is 0 Å². The number of rotatable bonds is 4. The predicted molar refractivity (Wildman–Crippen MR) is 77.6 cm³/mol. The number of benzene rings is 1. The third-order valence-electron chi connectivity index (χ3n) is 3.69. The fraction of sp³-hybridized carbons (Fsp3) is 0.533. The number of anilines is 1. The third-order valence-corrected chi connectivity index (χ3v) is 3.69. The zero-order valence-corrected chi connectivity index (χ0v) is 11.8. The number of hydrogen-bond acceptors (Lipinski definition) is 4. The van der Waals surface area contributed by atoms with Gasteiger partial charge in [0.2, 0.25) is 0 Å². The Morgan fingerprint density at radius 2 is 2.15 bits per heavy atom. The quantitative estimate of drug-likeness (QED) is 0.811. The first-order chi connectivity index (χ1) is 9.61. The molecule has 1 aromatic rings. The zero-order valence-electron chi connectivity index (χ0n) is 11.8. The fourth-order valence-corrected chi connectivity index (χ4v) is 2.44. The van der Waals surface area contributed by atoms with Gasteiger partial charge in [-0.15, -0.1) is 0 Å². The van der Waals surface area contributed by atoms with Gasteiger partial charge in [0.1, 0.15) is 0 Å². The molecule has 0 aromatic heterocycles. The number of amides is 1. The molecular formula is C15H22N2O3. The lowest BCUT2D eigenvalue weighted by Crippen LogP contribution is -2.41. The highest BCUT2D eigenvalue weighted by molar-refractivity contribution is 5.95. The molecule has 0 radical (unpaired) electrons. The van der Waals surface area contributed by atoms with Gasteiger partial charge in [-0.1, -0.05) is 0 Å². The highest BCUT2D eigenvalue weighted by Gasteiger charge is 2.24. The molecule has 1 saturated heterocycles. The summed E-state index contributed by atoms with van der Waals surface area (Å²) in [6.45, 7) is 3.71. The maximum atomic E-state index is 12.4. The highest BCUT2D eigenvalue weighted by Crippen LogP contribution is 2.18. The summed E-state index contributed by atoms with van der Waals surface area (Å²) >= 11 is 0. The fourth-order valence-electron chi connectivity index (χ4n) is 2.44. The lowest BCUT2D eigenvalue weighted by molar-refractivity contribution is -0.00554. The van der Waals surface area contributed by atoms with E-state index in [0.717, 1.165) is 18.4 Å². The first kappa shape index (κ1) is 14.8. The van der Waals surface area contributed by atoms with Crippen molar-refractivity contribution in [3.63, 3.8) is 0 Å². The molecule has 1 aliphatic heterocycles. The van der Waals surface area contributed by atoms with E-state index in [0.29, 0.717) is 30.9 Å². The number of carbonyl (C=O) groups is 1. The van der Waals surface area contributed by atoms with E-state index in [1.165, 1.54) is 0 Å². The molecule has 3 N–H and O–H groups in total. The molecule has 0 saturated carbocycles. The van der Waals surface area contributed by atoms with Crippen LogP contribution in [0, 0.1) is 6.92 Å². The molecule has 20 heavy (non-hydrogen) atoms. The second-order valence-corrected chi connectivity index (χ2v) is 5.16. The first-order valence-corrected chi connectivity index (χ1v) is 6.99. The van der Waals surface area contributed by atoms with Gasteiger partial charge in [-0.25, -0.2) is 0 Å². The summed E-state index contributed by atoms with van der Waals surface area (Å²) in [7, 11) is 0. The highest BCUT2D eigenvalue weighted by atomic mass is 16.5. The van der Waals surface area contributed by atoms with E-state index in [1.54, 1.807) is 12.1 Å². The Labute approximate surface area is 119 Å². The molecular weight excluding hydrogens is 256 g/mol. The van der Waals surface area contributed by atoms with Crippen molar-refractivity contribution in [2.24, 2.45) is 0 Å². The van der Waals surface area contributed by atoms with E-state index in [1.807, 2.05) is 17.9 Å². The van der Waals surface area contributed by atoms with Crippen LogP contribution in [0.25, 0.3) is 0 Å². The molecule has 0 aliphatic carbocycles. The maximum Gasteiger partial charge on any atom is 0.253 e. The van der Waals surface area contributed by atoms with Gasteiger partial charge >= 0.3 is 0 Å². The SMILES string of the molecule is Cc1cc(C(=O)N2CCC(OCCO)CC2)ccc1N. The second kappa shape index (κ2) is 6.72. The van der Waals surface area contributed by atoms with Gasteiger partial charge in [0.15, 0.2) is 0 Å². The van der Waals surface area contributed by atoms with Crippen LogP contribution in [0.4, 0.5) is 5.69 Å². The summed E-state index contributed by atoms with van der Waals surface area (Å²) < 4.78 is 5.50. The van der Waals surface area contributed by atoms with Crippen molar-refractivity contribution in [3.8, 4) is 0 Å². The van der Waals surface area contributed by atoms with Gasteiger partial charge in [0, 0.05) is 24.3 Å². The van der Waals surface area contributed by atoms with E-state index in [-0.39, 0.29) is 18.6 Å². The lowest BCUT2D eigenvalue weighted by Gasteiger charge is -2.32. The minimum Gasteiger partial charge on any atom is -0.399 e. The number of carbonyl (C=O) groups excluding carboxylic acids is 1. The summed E-state index contributed by atoms with van der Waals surface area (Å²) in [5.74, 6) is 0.0497. The van der Waals surface area contributed by atoms with Crippen LogP contribution < -0.4 is 5.73 Å². The monoisotopic (exact) mass is 278 g/mol. The first-order valence-electron chi connectivity index (χ1n) is 6.99. The molecule has 1 amide bonds. The van der Waals surface area contributed by atoms with Crippen LogP contribution in [-0.2, 0) is 4.74 Å². The topological polar surface area (TPSA) is 75.8 Å². The van der Waals surface area contributed by atoms with E-state index >= 15 is 0 Å². The van der Waals surface area contributed by atoms with Crippen LogP contribution in [0.3, 0.4) is 0 Å². The molecule has 5 heteroatoms. The predicted octanol–water partition coefficient (Wildman–Crippen LogP) is 1.19. The average Bonchev–Trinajstić information content (AvgIpc) is 2.48. The summed E-state index contributed by atoms with van der Waals surface area (Å²) in [6, 6.07) is 5.39. The molecule has 2 rings (SSSR count). The van der Waals surface area contributed by atoms with Crippen molar-refractivity contribution >= 4 is 11.6 Å². The van der Waals surface area contributed by atoms with Crippen LogP contribution in [-0.4, -0.2) is 48.3 Å². The standard InChI is InChI=1S/C15H22N2O3/c1-11-10-12(2-3-14(11)16)15(19)17-6-4-13(5-7-17)20-9-8-18/h2-3,10,13,18H,4-9,16H2,1H3. The van der Waals surface area contributed by atoms with Gasteiger partial charge in [0.05, 0.1) is 19.3 Å². The Morgan fingerprint density at radius 1 is 1.45 bits per heavy atom. The van der Waals surface area contributed by atoms with Crippen molar-refractivity contribution in [1.82, 2.24) is 4.90 Å². The number of nitrogens with two attached hydrogens (primary N) is 1. The van der Waals surface area contributed by atoms with Gasteiger partial charge in [0.25, 0.3) is 5.91 Å². The van der Waals surface area contributed by atoms with Gasteiger partial charge < -0.3 is 20.5 Å². The molecule has 1 aliphatic rings. The van der Waals surface area contributed by atoms with Crippen molar-refractivity contribution in [2.45, 2.75) is 25.9 Å².